The SMILES string of the molecule is COC(=O)C(C)(N=C1OC(OCc2ccccc2)=NC1(C(=O)OC)C(F)(F)F)C(F)(F)F. The fourth-order valence-corrected chi connectivity index (χ4v) is 2.46. The van der Waals surface area contributed by atoms with Gasteiger partial charge in [0.15, 0.2) is 0 Å². The first-order valence-electron chi connectivity index (χ1n) is 8.58. The predicted octanol–water partition coefficient (Wildman–Crippen LogP) is 2.96. The van der Waals surface area contributed by atoms with E-state index in [9.17, 15) is 35.9 Å². The van der Waals surface area contributed by atoms with Crippen molar-refractivity contribution in [3.63, 3.8) is 0 Å². The first-order chi connectivity index (χ1) is 14.7. The molecule has 0 saturated heterocycles. The molecule has 1 heterocycles. The molecule has 0 bridgehead atoms. The molecule has 1 aliphatic heterocycles. The van der Waals surface area contributed by atoms with Crippen LogP contribution in [0.5, 0.6) is 0 Å². The monoisotopic (exact) mass is 470 g/mol. The molecular weight excluding hydrogens is 454 g/mol. The number of hydrogen-bond donors (Lipinski definition) is 0. The van der Waals surface area contributed by atoms with Crippen molar-refractivity contribution in [2.24, 2.45) is 9.98 Å². The van der Waals surface area contributed by atoms with Gasteiger partial charge in [-0.3, -0.25) is 0 Å². The maximum Gasteiger partial charge on any atom is 0.433 e. The van der Waals surface area contributed by atoms with E-state index in [0.29, 0.717) is 19.8 Å². The van der Waals surface area contributed by atoms with Crippen LogP contribution in [0, 0.1) is 0 Å². The highest BCUT2D eigenvalue weighted by Crippen LogP contribution is 2.43. The van der Waals surface area contributed by atoms with Gasteiger partial charge in [-0.15, -0.1) is 0 Å². The molecule has 0 saturated carbocycles. The van der Waals surface area contributed by atoms with Gasteiger partial charge in [-0.05, 0) is 12.5 Å². The lowest BCUT2D eigenvalue weighted by atomic mass is 9.97. The summed E-state index contributed by atoms with van der Waals surface area (Å²) in [7, 11) is 1.12. The van der Waals surface area contributed by atoms with Gasteiger partial charge >= 0.3 is 35.9 Å². The number of alkyl halides is 6. The van der Waals surface area contributed by atoms with Gasteiger partial charge in [0.25, 0.3) is 5.54 Å². The standard InChI is InChI=1S/C18H16F6N2O6/c1-15(12(27)29-2,17(19,20)21)25-11-16(13(28)30-3,18(22,23)24)26-14(32-11)31-9-10-7-5-4-6-8-10/h4-8H,9H2,1-3H3. The van der Waals surface area contributed by atoms with Crippen LogP contribution < -0.4 is 0 Å². The van der Waals surface area contributed by atoms with Crippen molar-refractivity contribution in [3.05, 3.63) is 35.9 Å². The lowest BCUT2D eigenvalue weighted by Crippen LogP contribution is -2.58. The van der Waals surface area contributed by atoms with E-state index < -0.39 is 54.0 Å². The summed E-state index contributed by atoms with van der Waals surface area (Å²) in [5.41, 5.74) is -7.57. The number of carbonyl (C=O) groups excluding carboxylic acids is 2. The number of rotatable bonds is 5. The van der Waals surface area contributed by atoms with Crippen molar-refractivity contribution < 1.29 is 54.9 Å². The molecule has 1 aromatic rings. The van der Waals surface area contributed by atoms with Crippen molar-refractivity contribution in [2.75, 3.05) is 14.2 Å². The molecule has 1 aromatic carbocycles. The first kappa shape index (κ1) is 24.9. The Labute approximate surface area is 176 Å². The minimum atomic E-state index is -5.68. The molecule has 14 heteroatoms. The van der Waals surface area contributed by atoms with Crippen LogP contribution in [0.3, 0.4) is 0 Å². The highest BCUT2D eigenvalue weighted by atomic mass is 19.4. The maximum atomic E-state index is 14.0. The zero-order valence-electron chi connectivity index (χ0n) is 16.7. The number of hydrogen-bond acceptors (Lipinski definition) is 8. The van der Waals surface area contributed by atoms with Crippen LogP contribution in [0.4, 0.5) is 26.3 Å². The van der Waals surface area contributed by atoms with E-state index in [-0.39, 0.29) is 6.92 Å². The minimum Gasteiger partial charge on any atom is -0.467 e. The number of halogens is 6. The molecule has 1 aliphatic rings. The Morgan fingerprint density at radius 1 is 1.06 bits per heavy atom. The summed E-state index contributed by atoms with van der Waals surface area (Å²) in [5.74, 6) is -6.12. The Morgan fingerprint density at radius 3 is 2.12 bits per heavy atom. The second-order valence-corrected chi connectivity index (χ2v) is 6.43. The van der Waals surface area contributed by atoms with Gasteiger partial charge in [0.1, 0.15) is 6.61 Å². The molecule has 0 N–H and O–H groups in total. The quantitative estimate of drug-likeness (QED) is 0.485. The third-order valence-electron chi connectivity index (χ3n) is 4.31. The van der Waals surface area contributed by atoms with Crippen LogP contribution >= 0.6 is 0 Å². The van der Waals surface area contributed by atoms with Gasteiger partial charge < -0.3 is 18.9 Å². The molecule has 0 radical (unpaired) electrons. The highest BCUT2D eigenvalue weighted by Gasteiger charge is 2.72. The van der Waals surface area contributed by atoms with Crippen LogP contribution in [0.1, 0.15) is 12.5 Å². The minimum absolute atomic E-state index is 0.149. The zero-order chi connectivity index (χ0) is 24.4. The highest BCUT2D eigenvalue weighted by molar-refractivity contribution is 6.16. The molecule has 0 fully saturated rings. The summed E-state index contributed by atoms with van der Waals surface area (Å²) in [6.07, 6.45) is -12.4. The maximum absolute atomic E-state index is 14.0. The number of carbonyl (C=O) groups is 2. The number of ether oxygens (including phenoxy) is 4. The van der Waals surface area contributed by atoms with Gasteiger partial charge in [0.2, 0.25) is 5.90 Å². The van der Waals surface area contributed by atoms with Crippen molar-refractivity contribution >= 4 is 23.9 Å². The van der Waals surface area contributed by atoms with E-state index in [4.69, 9.17) is 4.74 Å². The average molecular weight is 470 g/mol. The Hall–Kier alpha value is -3.32. The van der Waals surface area contributed by atoms with E-state index in [2.05, 4.69) is 24.2 Å². The van der Waals surface area contributed by atoms with Gasteiger partial charge in [0.05, 0.1) is 14.2 Å². The number of methoxy groups -OCH3 is 2. The predicted molar refractivity (Wildman–Crippen MR) is 94.5 cm³/mol. The van der Waals surface area contributed by atoms with Crippen LogP contribution in [0.25, 0.3) is 0 Å². The van der Waals surface area contributed by atoms with Crippen molar-refractivity contribution in [1.29, 1.82) is 0 Å². The fourth-order valence-electron chi connectivity index (χ4n) is 2.46. The van der Waals surface area contributed by atoms with Crippen LogP contribution in [-0.2, 0) is 35.1 Å². The number of nitrogens with zero attached hydrogens (tertiary/aromatic N) is 2. The second kappa shape index (κ2) is 8.67. The Kier molecular flexibility index (Phi) is 6.76. The Morgan fingerprint density at radius 2 is 1.66 bits per heavy atom. The molecule has 2 rings (SSSR count). The first-order valence-corrected chi connectivity index (χ1v) is 8.58. The summed E-state index contributed by atoms with van der Waals surface area (Å²) < 4.78 is 100. The fraction of sp³-hybridized carbons (Fsp3) is 0.444. The Bertz CT molecular complexity index is 930. The average Bonchev–Trinajstić information content (AvgIpc) is 3.10. The largest absolute Gasteiger partial charge is 0.467 e. The van der Waals surface area contributed by atoms with Gasteiger partial charge in [-0.25, -0.2) is 14.6 Å². The second-order valence-electron chi connectivity index (χ2n) is 6.43. The van der Waals surface area contributed by atoms with E-state index in [1.54, 1.807) is 18.2 Å². The molecule has 2 atom stereocenters. The summed E-state index contributed by atoms with van der Waals surface area (Å²) in [5, 5.41) is 0. The van der Waals surface area contributed by atoms with Gasteiger partial charge in [-0.2, -0.15) is 31.3 Å². The third kappa shape index (κ3) is 4.34. The summed E-state index contributed by atoms with van der Waals surface area (Å²) in [6, 6.07) is 7.87. The lowest BCUT2D eigenvalue weighted by Gasteiger charge is -2.29. The molecule has 2 unspecified atom stereocenters. The molecule has 32 heavy (non-hydrogen) atoms. The van der Waals surface area contributed by atoms with Gasteiger partial charge in [-0.1, -0.05) is 30.3 Å². The van der Waals surface area contributed by atoms with E-state index >= 15 is 0 Å². The smallest absolute Gasteiger partial charge is 0.433 e. The Balaban J connectivity index is 2.63. The summed E-state index contributed by atoms with van der Waals surface area (Å²) >= 11 is 0. The normalized spacial score (nSPS) is 21.9. The van der Waals surface area contributed by atoms with E-state index in [0.717, 1.165) is 0 Å². The number of aliphatic imine (C=N–C) groups is 2. The van der Waals surface area contributed by atoms with Crippen LogP contribution in [0.2, 0.25) is 0 Å². The van der Waals surface area contributed by atoms with E-state index in [1.807, 2.05) is 0 Å². The molecule has 0 aliphatic carbocycles. The van der Waals surface area contributed by atoms with Crippen LogP contribution in [-0.4, -0.2) is 61.6 Å². The molecular formula is C18H16F6N2O6. The van der Waals surface area contributed by atoms with Crippen molar-refractivity contribution in [1.82, 2.24) is 0 Å². The summed E-state index contributed by atoms with van der Waals surface area (Å²) in [6.45, 7) is -0.258. The van der Waals surface area contributed by atoms with Gasteiger partial charge in [0, 0.05) is 0 Å². The number of benzene rings is 1. The van der Waals surface area contributed by atoms with Crippen LogP contribution in [0.15, 0.2) is 40.3 Å². The summed E-state index contributed by atoms with van der Waals surface area (Å²) in [4.78, 5) is 29.8. The number of esters is 2. The molecule has 0 spiro atoms. The topological polar surface area (TPSA) is 95.8 Å². The molecule has 0 aromatic heterocycles. The van der Waals surface area contributed by atoms with Crippen molar-refractivity contribution in [3.8, 4) is 0 Å². The lowest BCUT2D eigenvalue weighted by molar-refractivity contribution is -0.202. The van der Waals surface area contributed by atoms with E-state index in [1.165, 1.54) is 12.1 Å². The molecule has 0 amide bonds. The third-order valence-corrected chi connectivity index (χ3v) is 4.31. The molecule has 8 nitrogen and oxygen atoms in total. The zero-order valence-corrected chi connectivity index (χ0v) is 16.7. The molecule has 176 valence electrons. The van der Waals surface area contributed by atoms with Crippen molar-refractivity contribution in [2.45, 2.75) is 37.0 Å².